The van der Waals surface area contributed by atoms with E-state index in [-0.39, 0.29) is 31.5 Å². The molecule has 9 heteroatoms. The summed E-state index contributed by atoms with van der Waals surface area (Å²) >= 11 is 0. The number of carbonyl (C=O) groups excluding carboxylic acids is 2. The van der Waals surface area contributed by atoms with Crippen molar-refractivity contribution in [2.45, 2.75) is 39.3 Å². The number of hydrogen-bond donors (Lipinski definition) is 1. The predicted molar refractivity (Wildman–Crippen MR) is 144 cm³/mol. The van der Waals surface area contributed by atoms with Crippen LogP contribution in [0.25, 0.3) is 0 Å². The Morgan fingerprint density at radius 2 is 1.74 bits per heavy atom. The lowest BCUT2D eigenvalue weighted by Crippen LogP contribution is -2.46. The highest BCUT2D eigenvalue weighted by Crippen LogP contribution is 2.27. The van der Waals surface area contributed by atoms with Crippen molar-refractivity contribution in [2.75, 3.05) is 37.0 Å². The van der Waals surface area contributed by atoms with E-state index in [2.05, 4.69) is 27.5 Å². The molecule has 3 heterocycles. The van der Waals surface area contributed by atoms with Crippen LogP contribution < -0.4 is 10.2 Å². The predicted octanol–water partition coefficient (Wildman–Crippen LogP) is 3.86. The molecule has 1 atom stereocenters. The Morgan fingerprint density at radius 3 is 2.37 bits per heavy atom. The number of hydrogen-bond acceptors (Lipinski definition) is 6. The second-order valence-corrected chi connectivity index (χ2v) is 9.70. The number of anilines is 2. The summed E-state index contributed by atoms with van der Waals surface area (Å²) in [5.74, 6) is -0.681. The number of carbonyl (C=O) groups is 2. The van der Waals surface area contributed by atoms with Crippen molar-refractivity contribution in [3.63, 3.8) is 0 Å². The fourth-order valence-corrected chi connectivity index (χ4v) is 4.52. The van der Waals surface area contributed by atoms with Crippen LogP contribution in [-0.2, 0) is 33.7 Å². The van der Waals surface area contributed by atoms with Crippen molar-refractivity contribution in [3.05, 3.63) is 83.3 Å². The van der Waals surface area contributed by atoms with Crippen molar-refractivity contribution >= 4 is 23.3 Å². The lowest BCUT2D eigenvalue weighted by Gasteiger charge is -2.34. The highest BCUT2D eigenvalue weighted by Gasteiger charge is 2.35. The fraction of sp³-hybridized carbons (Fsp3) is 0.379. The van der Waals surface area contributed by atoms with Gasteiger partial charge in [0.2, 0.25) is 11.8 Å². The molecule has 2 aromatic carbocycles. The maximum atomic E-state index is 13.0. The van der Waals surface area contributed by atoms with Crippen LogP contribution in [0.15, 0.2) is 60.7 Å². The van der Waals surface area contributed by atoms with Gasteiger partial charge >= 0.3 is 0 Å². The van der Waals surface area contributed by atoms with Gasteiger partial charge in [-0.3, -0.25) is 14.5 Å². The topological polar surface area (TPSA) is 87.7 Å². The van der Waals surface area contributed by atoms with Gasteiger partial charge in [-0.15, -0.1) is 5.10 Å². The second-order valence-electron chi connectivity index (χ2n) is 9.70. The monoisotopic (exact) mass is 519 g/mol. The largest absolute Gasteiger partial charge is 0.378 e. The Kier molecular flexibility index (Phi) is 8.81. The Balaban J connectivity index is 0.00000336. The molecular formula is C29H34FN5O3. The van der Waals surface area contributed by atoms with Gasteiger partial charge in [-0.1, -0.05) is 31.7 Å². The lowest BCUT2D eigenvalue weighted by molar-refractivity contribution is -0.122. The molecule has 38 heavy (non-hydrogen) atoms. The number of amides is 2. The van der Waals surface area contributed by atoms with Crippen LogP contribution in [0.2, 0.25) is 0 Å². The number of rotatable bonds is 9. The van der Waals surface area contributed by atoms with Crippen LogP contribution >= 0.6 is 0 Å². The highest BCUT2D eigenvalue weighted by molar-refractivity contribution is 6.03. The van der Waals surface area contributed by atoms with Gasteiger partial charge in [0, 0.05) is 25.2 Å². The third-order valence-corrected chi connectivity index (χ3v) is 6.97. The summed E-state index contributed by atoms with van der Waals surface area (Å²) < 4.78 is 18.3. The van der Waals surface area contributed by atoms with Crippen LogP contribution in [0.4, 0.5) is 15.9 Å². The molecule has 8 nitrogen and oxygen atoms in total. The SMILES string of the molecule is C.CN(Cc1ccc(N2C[C@@H](C(=O)Nc3ccc(CCc4ccc(F)cc4)nn3)CC2=O)cc1)C1COC1. The number of aryl methyl sites for hydroxylation is 2. The van der Waals surface area contributed by atoms with E-state index in [1.165, 1.54) is 17.7 Å². The maximum absolute atomic E-state index is 13.0. The van der Waals surface area contributed by atoms with Gasteiger partial charge in [0.25, 0.3) is 0 Å². The molecule has 2 aliphatic heterocycles. The number of benzene rings is 2. The van der Waals surface area contributed by atoms with Gasteiger partial charge < -0.3 is 15.0 Å². The van der Waals surface area contributed by atoms with Crippen LogP contribution in [0.1, 0.15) is 30.7 Å². The van der Waals surface area contributed by atoms with E-state index in [1.54, 1.807) is 23.1 Å². The maximum Gasteiger partial charge on any atom is 0.231 e. The molecule has 0 spiro atoms. The first kappa shape index (κ1) is 27.3. The molecule has 0 bridgehead atoms. The minimum atomic E-state index is -0.461. The van der Waals surface area contributed by atoms with Crippen LogP contribution in [-0.4, -0.2) is 59.8 Å². The first-order valence-corrected chi connectivity index (χ1v) is 12.5. The molecule has 0 aliphatic carbocycles. The first-order chi connectivity index (χ1) is 17.9. The van der Waals surface area contributed by atoms with Gasteiger partial charge in [0.1, 0.15) is 5.82 Å². The zero-order valence-corrected chi connectivity index (χ0v) is 20.8. The number of ether oxygens (including phenoxy) is 1. The quantitative estimate of drug-likeness (QED) is 0.462. The van der Waals surface area contributed by atoms with Crippen molar-refractivity contribution in [3.8, 4) is 0 Å². The average molecular weight is 520 g/mol. The lowest BCUT2D eigenvalue weighted by atomic mass is 10.1. The summed E-state index contributed by atoms with van der Waals surface area (Å²) in [5.41, 5.74) is 3.75. The average Bonchev–Trinajstić information content (AvgIpc) is 3.26. The van der Waals surface area contributed by atoms with Gasteiger partial charge in [-0.2, -0.15) is 5.10 Å². The summed E-state index contributed by atoms with van der Waals surface area (Å²) in [7, 11) is 2.08. The number of halogens is 1. The molecule has 1 N–H and O–H groups in total. The summed E-state index contributed by atoms with van der Waals surface area (Å²) in [6.07, 6.45) is 1.53. The van der Waals surface area contributed by atoms with Crippen molar-refractivity contribution in [1.29, 1.82) is 0 Å². The second kappa shape index (κ2) is 12.2. The van der Waals surface area contributed by atoms with Crippen LogP contribution in [0.5, 0.6) is 0 Å². The smallest absolute Gasteiger partial charge is 0.231 e. The minimum absolute atomic E-state index is 0. The number of nitrogens with one attached hydrogen (secondary N) is 1. The number of likely N-dealkylation sites (N-methyl/N-ethyl adjacent to an activating group) is 1. The van der Waals surface area contributed by atoms with Crippen molar-refractivity contribution in [2.24, 2.45) is 5.92 Å². The van der Waals surface area contributed by atoms with E-state index in [0.717, 1.165) is 36.7 Å². The Labute approximate surface area is 222 Å². The minimum Gasteiger partial charge on any atom is -0.378 e. The van der Waals surface area contributed by atoms with Crippen molar-refractivity contribution in [1.82, 2.24) is 15.1 Å². The van der Waals surface area contributed by atoms with E-state index in [9.17, 15) is 14.0 Å². The van der Waals surface area contributed by atoms with Gasteiger partial charge in [-0.25, -0.2) is 4.39 Å². The van der Waals surface area contributed by atoms with Crippen molar-refractivity contribution < 1.29 is 18.7 Å². The van der Waals surface area contributed by atoms with E-state index < -0.39 is 5.92 Å². The molecule has 0 saturated carbocycles. The molecule has 3 aromatic rings. The van der Waals surface area contributed by atoms with E-state index in [4.69, 9.17) is 4.74 Å². The third kappa shape index (κ3) is 6.59. The summed E-state index contributed by atoms with van der Waals surface area (Å²) in [6, 6.07) is 18.3. The van der Waals surface area contributed by atoms with Gasteiger partial charge in [-0.05, 0) is 67.4 Å². The molecule has 5 rings (SSSR count). The number of nitrogens with zero attached hydrogens (tertiary/aromatic N) is 4. The molecule has 200 valence electrons. The van der Waals surface area contributed by atoms with Crippen LogP contribution in [0.3, 0.4) is 0 Å². The van der Waals surface area contributed by atoms with E-state index in [1.807, 2.05) is 30.3 Å². The first-order valence-electron chi connectivity index (χ1n) is 12.5. The summed E-state index contributed by atoms with van der Waals surface area (Å²) in [6.45, 7) is 2.69. The standard InChI is InChI=1S/C28H30FN5O3.CH4/c1-33(25-17-37-18-25)15-20-5-11-24(12-6-20)34-16-21(14-27(34)35)28(36)30-26-13-10-23(31-32-26)9-4-19-2-7-22(29)8-3-19;/h2-3,5-8,10-13,21,25H,4,9,14-18H2,1H3,(H,30,32,36);1H4/t21-;/m0./s1. The molecular weight excluding hydrogens is 485 g/mol. The molecule has 1 aromatic heterocycles. The fourth-order valence-electron chi connectivity index (χ4n) is 4.52. The van der Waals surface area contributed by atoms with Gasteiger partial charge in [0.05, 0.1) is 30.9 Å². The summed E-state index contributed by atoms with van der Waals surface area (Å²) in [5, 5.41) is 11.1. The zero-order chi connectivity index (χ0) is 25.8. The zero-order valence-electron chi connectivity index (χ0n) is 20.8. The molecule has 0 radical (unpaired) electrons. The van der Waals surface area contributed by atoms with E-state index in [0.29, 0.717) is 31.2 Å². The number of aromatic nitrogens is 2. The molecule has 0 unspecified atom stereocenters. The molecule has 2 saturated heterocycles. The third-order valence-electron chi connectivity index (χ3n) is 6.97. The Hall–Kier alpha value is -3.69. The summed E-state index contributed by atoms with van der Waals surface area (Å²) in [4.78, 5) is 29.4. The van der Waals surface area contributed by atoms with Crippen LogP contribution in [0, 0.1) is 11.7 Å². The molecule has 2 aliphatic rings. The normalized spacial score (nSPS) is 17.3. The molecule has 2 amide bonds. The van der Waals surface area contributed by atoms with E-state index >= 15 is 0 Å². The van der Waals surface area contributed by atoms with Gasteiger partial charge in [0.15, 0.2) is 5.82 Å². The molecule has 2 fully saturated rings. The highest BCUT2D eigenvalue weighted by atomic mass is 19.1. The Morgan fingerprint density at radius 1 is 1.03 bits per heavy atom. The Bertz CT molecular complexity index is 1230.